The van der Waals surface area contributed by atoms with Crippen LogP contribution in [0.1, 0.15) is 43.0 Å². The molecule has 1 fully saturated rings. The lowest BCUT2D eigenvalue weighted by atomic mass is 9.93. The lowest BCUT2D eigenvalue weighted by Gasteiger charge is -2.33. The van der Waals surface area contributed by atoms with Crippen LogP contribution in [0.4, 0.5) is 0 Å². The molecule has 0 bridgehead atoms. The number of hydrogen-bond acceptors (Lipinski definition) is 3. The lowest BCUT2D eigenvalue weighted by Crippen LogP contribution is -2.40. The fourth-order valence-electron chi connectivity index (χ4n) is 2.91. The topological polar surface area (TPSA) is 66.8 Å². The number of nitrogens with zero attached hydrogens (tertiary/aromatic N) is 1. The quantitative estimate of drug-likeness (QED) is 0.877. The van der Waals surface area contributed by atoms with Crippen molar-refractivity contribution < 1.29 is 19.4 Å². The number of carboxylic acids is 1. The summed E-state index contributed by atoms with van der Waals surface area (Å²) in [6.45, 7) is 3.77. The summed E-state index contributed by atoms with van der Waals surface area (Å²) < 4.78 is 5.53. The van der Waals surface area contributed by atoms with Crippen LogP contribution in [0.25, 0.3) is 0 Å². The Labute approximate surface area is 130 Å². The molecule has 1 amide bonds. The minimum atomic E-state index is -0.773. The third-order valence-corrected chi connectivity index (χ3v) is 3.99. The zero-order valence-electron chi connectivity index (χ0n) is 13.0. The Morgan fingerprint density at radius 1 is 1.36 bits per heavy atom. The number of likely N-dealkylation sites (tertiary alicyclic amines) is 1. The molecule has 0 spiro atoms. The highest BCUT2D eigenvalue weighted by molar-refractivity contribution is 5.97. The predicted octanol–water partition coefficient (Wildman–Crippen LogP) is 2.80. The van der Waals surface area contributed by atoms with Gasteiger partial charge in [0, 0.05) is 19.5 Å². The Morgan fingerprint density at radius 2 is 2.14 bits per heavy atom. The summed E-state index contributed by atoms with van der Waals surface area (Å²) in [7, 11) is 0. The van der Waals surface area contributed by atoms with Gasteiger partial charge in [-0.05, 0) is 44.2 Å². The number of hydrogen-bond donors (Lipinski definition) is 1. The molecular formula is C17H23NO4. The summed E-state index contributed by atoms with van der Waals surface area (Å²) in [5, 5.41) is 8.80. The normalized spacial score (nSPS) is 18.0. The average Bonchev–Trinajstić information content (AvgIpc) is 2.53. The predicted molar refractivity (Wildman–Crippen MR) is 83.1 cm³/mol. The van der Waals surface area contributed by atoms with Gasteiger partial charge in [-0.2, -0.15) is 0 Å². The third kappa shape index (κ3) is 4.23. The SMILES string of the molecule is CCOc1ccccc1C(=O)N1CCCC(CCC(=O)O)C1. The van der Waals surface area contributed by atoms with E-state index in [2.05, 4.69) is 0 Å². The maximum atomic E-state index is 12.7. The van der Waals surface area contributed by atoms with Crippen LogP contribution in [0.15, 0.2) is 24.3 Å². The van der Waals surface area contributed by atoms with Crippen molar-refractivity contribution in [1.29, 1.82) is 0 Å². The third-order valence-electron chi connectivity index (χ3n) is 3.99. The lowest BCUT2D eigenvalue weighted by molar-refractivity contribution is -0.137. The summed E-state index contributed by atoms with van der Waals surface area (Å²) in [6, 6.07) is 7.28. The van der Waals surface area contributed by atoms with Crippen LogP contribution in [0.2, 0.25) is 0 Å². The number of aliphatic carboxylic acids is 1. The highest BCUT2D eigenvalue weighted by Gasteiger charge is 2.26. The first-order valence-electron chi connectivity index (χ1n) is 7.84. The van der Waals surface area contributed by atoms with Crippen LogP contribution in [0.3, 0.4) is 0 Å². The monoisotopic (exact) mass is 305 g/mol. The zero-order chi connectivity index (χ0) is 15.9. The number of benzene rings is 1. The number of rotatable bonds is 6. The molecule has 1 heterocycles. The molecule has 1 aliphatic heterocycles. The first kappa shape index (κ1) is 16.3. The van der Waals surface area contributed by atoms with E-state index < -0.39 is 5.97 Å². The molecule has 120 valence electrons. The van der Waals surface area contributed by atoms with Crippen molar-refractivity contribution in [2.75, 3.05) is 19.7 Å². The molecule has 1 saturated heterocycles. The van der Waals surface area contributed by atoms with Crippen molar-refractivity contribution >= 4 is 11.9 Å². The van der Waals surface area contributed by atoms with Gasteiger partial charge in [0.25, 0.3) is 5.91 Å². The van der Waals surface area contributed by atoms with E-state index in [1.54, 1.807) is 6.07 Å². The molecule has 1 unspecified atom stereocenters. The van der Waals surface area contributed by atoms with Crippen LogP contribution in [-0.2, 0) is 4.79 Å². The fourth-order valence-corrected chi connectivity index (χ4v) is 2.91. The van der Waals surface area contributed by atoms with E-state index in [1.807, 2.05) is 30.0 Å². The Hall–Kier alpha value is -2.04. The van der Waals surface area contributed by atoms with Crippen LogP contribution >= 0.6 is 0 Å². The molecule has 1 N–H and O–H groups in total. The van der Waals surface area contributed by atoms with Crippen molar-refractivity contribution in [3.05, 3.63) is 29.8 Å². The van der Waals surface area contributed by atoms with E-state index in [0.29, 0.717) is 30.9 Å². The number of para-hydroxylation sites is 1. The van der Waals surface area contributed by atoms with E-state index >= 15 is 0 Å². The first-order valence-corrected chi connectivity index (χ1v) is 7.84. The maximum Gasteiger partial charge on any atom is 0.303 e. The van der Waals surface area contributed by atoms with Gasteiger partial charge in [-0.15, -0.1) is 0 Å². The molecule has 0 aliphatic carbocycles. The largest absolute Gasteiger partial charge is 0.493 e. The molecule has 0 radical (unpaired) electrons. The second-order valence-corrected chi connectivity index (χ2v) is 5.62. The fraction of sp³-hybridized carbons (Fsp3) is 0.529. The molecule has 5 heteroatoms. The van der Waals surface area contributed by atoms with Crippen molar-refractivity contribution in [2.45, 2.75) is 32.6 Å². The second kappa shape index (κ2) is 7.82. The van der Waals surface area contributed by atoms with Gasteiger partial charge >= 0.3 is 5.97 Å². The van der Waals surface area contributed by atoms with Gasteiger partial charge in [-0.1, -0.05) is 12.1 Å². The van der Waals surface area contributed by atoms with Gasteiger partial charge < -0.3 is 14.7 Å². The van der Waals surface area contributed by atoms with Gasteiger partial charge in [0.05, 0.1) is 12.2 Å². The summed E-state index contributed by atoms with van der Waals surface area (Å²) in [4.78, 5) is 25.2. The highest BCUT2D eigenvalue weighted by Crippen LogP contribution is 2.25. The molecule has 1 aliphatic rings. The molecule has 1 aromatic rings. The van der Waals surface area contributed by atoms with Crippen LogP contribution in [-0.4, -0.2) is 41.6 Å². The molecule has 22 heavy (non-hydrogen) atoms. The molecule has 1 aromatic carbocycles. The average molecular weight is 305 g/mol. The van der Waals surface area contributed by atoms with E-state index in [0.717, 1.165) is 19.4 Å². The summed E-state index contributed by atoms with van der Waals surface area (Å²) >= 11 is 0. The smallest absolute Gasteiger partial charge is 0.303 e. The minimum Gasteiger partial charge on any atom is -0.493 e. The summed E-state index contributed by atoms with van der Waals surface area (Å²) in [5.74, 6) is 0.0879. The zero-order valence-corrected chi connectivity index (χ0v) is 13.0. The first-order chi connectivity index (χ1) is 10.6. The molecule has 0 saturated carbocycles. The Kier molecular flexibility index (Phi) is 5.81. The van der Waals surface area contributed by atoms with Gasteiger partial charge in [-0.3, -0.25) is 9.59 Å². The number of piperidine rings is 1. The summed E-state index contributed by atoms with van der Waals surface area (Å²) in [6.07, 6.45) is 2.71. The van der Waals surface area contributed by atoms with E-state index in [-0.39, 0.29) is 18.2 Å². The second-order valence-electron chi connectivity index (χ2n) is 5.62. The Balaban J connectivity index is 2.04. The van der Waals surface area contributed by atoms with Crippen molar-refractivity contribution in [2.24, 2.45) is 5.92 Å². The van der Waals surface area contributed by atoms with E-state index in [4.69, 9.17) is 9.84 Å². The van der Waals surface area contributed by atoms with E-state index in [1.165, 1.54) is 0 Å². The minimum absolute atomic E-state index is 0.0240. The number of carboxylic acid groups (broad SMARTS) is 1. The summed E-state index contributed by atoms with van der Waals surface area (Å²) in [5.41, 5.74) is 0.586. The van der Waals surface area contributed by atoms with Crippen LogP contribution in [0, 0.1) is 5.92 Å². The number of carbonyl (C=O) groups excluding carboxylic acids is 1. The number of amides is 1. The van der Waals surface area contributed by atoms with Crippen LogP contribution in [0.5, 0.6) is 5.75 Å². The van der Waals surface area contributed by atoms with Crippen molar-refractivity contribution in [3.63, 3.8) is 0 Å². The van der Waals surface area contributed by atoms with E-state index in [9.17, 15) is 9.59 Å². The van der Waals surface area contributed by atoms with Gasteiger partial charge in [0.2, 0.25) is 0 Å². The number of ether oxygens (including phenoxy) is 1. The van der Waals surface area contributed by atoms with Gasteiger partial charge in [0.15, 0.2) is 0 Å². The van der Waals surface area contributed by atoms with Gasteiger partial charge in [0.1, 0.15) is 5.75 Å². The Bertz CT molecular complexity index is 529. The van der Waals surface area contributed by atoms with Gasteiger partial charge in [-0.25, -0.2) is 0 Å². The Morgan fingerprint density at radius 3 is 2.86 bits per heavy atom. The highest BCUT2D eigenvalue weighted by atomic mass is 16.5. The molecule has 5 nitrogen and oxygen atoms in total. The van der Waals surface area contributed by atoms with Crippen molar-refractivity contribution in [1.82, 2.24) is 4.90 Å². The standard InChI is InChI=1S/C17H23NO4/c1-2-22-15-8-4-3-7-14(15)17(21)18-11-5-6-13(12-18)9-10-16(19)20/h3-4,7-8,13H,2,5-6,9-12H2,1H3,(H,19,20). The molecular weight excluding hydrogens is 282 g/mol. The van der Waals surface area contributed by atoms with Crippen molar-refractivity contribution in [3.8, 4) is 5.75 Å². The molecule has 0 aromatic heterocycles. The molecule has 1 atom stereocenters. The molecule has 2 rings (SSSR count). The number of carbonyl (C=O) groups is 2. The maximum absolute atomic E-state index is 12.7. The van der Waals surface area contributed by atoms with Crippen LogP contribution < -0.4 is 4.74 Å².